The van der Waals surface area contributed by atoms with Crippen LogP contribution >= 0.6 is 0 Å². The summed E-state index contributed by atoms with van der Waals surface area (Å²) < 4.78 is 4.69. The molecule has 0 aromatic heterocycles. The number of carbonyl (C=O) groups excluding carboxylic acids is 1. The second-order valence-electron chi connectivity index (χ2n) is 5.24. The first-order valence-electron chi connectivity index (χ1n) is 6.51. The van der Waals surface area contributed by atoms with Crippen LogP contribution in [-0.2, 0) is 4.74 Å². The number of nitriles is 1. The molecule has 4 atom stereocenters. The van der Waals surface area contributed by atoms with Gasteiger partial charge in [-0.2, -0.15) is 5.26 Å². The number of hydrogen-bond acceptors (Lipinski definition) is 3. The number of methoxy groups -OCH3 is 1. The molecule has 19 heavy (non-hydrogen) atoms. The van der Waals surface area contributed by atoms with Crippen molar-refractivity contribution in [3.63, 3.8) is 0 Å². The van der Waals surface area contributed by atoms with Crippen LogP contribution in [0.25, 0.3) is 0 Å². The summed E-state index contributed by atoms with van der Waals surface area (Å²) in [7, 11) is 1.38. The molecule has 0 spiro atoms. The highest BCUT2D eigenvalue weighted by Crippen LogP contribution is 2.52. The molecule has 0 radical (unpaired) electrons. The molecule has 2 aliphatic rings. The number of hydrogen-bond donors (Lipinski definition) is 0. The fraction of sp³-hybridized carbons (Fsp3) is 0.375. The van der Waals surface area contributed by atoms with Gasteiger partial charge in [-0.15, -0.1) is 0 Å². The first kappa shape index (κ1) is 12.0. The first-order chi connectivity index (χ1) is 9.24. The third-order valence-corrected chi connectivity index (χ3v) is 4.33. The molecule has 1 aromatic rings. The van der Waals surface area contributed by atoms with Gasteiger partial charge in [0.05, 0.1) is 24.7 Å². The van der Waals surface area contributed by atoms with Crippen molar-refractivity contribution in [2.24, 2.45) is 17.8 Å². The van der Waals surface area contributed by atoms with Gasteiger partial charge in [0.25, 0.3) is 0 Å². The molecule has 1 saturated carbocycles. The monoisotopic (exact) mass is 253 g/mol. The van der Waals surface area contributed by atoms with Crippen molar-refractivity contribution >= 4 is 5.97 Å². The molecule has 2 bridgehead atoms. The lowest BCUT2D eigenvalue weighted by Crippen LogP contribution is -2.16. The molecule has 96 valence electrons. The molecule has 3 nitrogen and oxygen atoms in total. The minimum Gasteiger partial charge on any atom is -0.465 e. The van der Waals surface area contributed by atoms with Gasteiger partial charge < -0.3 is 4.74 Å². The second kappa shape index (κ2) is 4.55. The van der Waals surface area contributed by atoms with Gasteiger partial charge in [-0.25, -0.2) is 4.79 Å². The maximum atomic E-state index is 11.4. The SMILES string of the molecule is COC(=O)c1ccc([C@@H]2[C@H](C#N)[C@H]3C=C[C@@H]2C3)cc1. The van der Waals surface area contributed by atoms with Crippen LogP contribution in [0.2, 0.25) is 0 Å². The van der Waals surface area contributed by atoms with Crippen LogP contribution in [0, 0.1) is 29.1 Å². The Morgan fingerprint density at radius 2 is 1.95 bits per heavy atom. The van der Waals surface area contributed by atoms with Crippen molar-refractivity contribution in [1.82, 2.24) is 0 Å². The molecular weight excluding hydrogens is 238 g/mol. The highest BCUT2D eigenvalue weighted by atomic mass is 16.5. The quantitative estimate of drug-likeness (QED) is 0.601. The van der Waals surface area contributed by atoms with Gasteiger partial charge in [0.1, 0.15) is 0 Å². The Morgan fingerprint density at radius 3 is 2.58 bits per heavy atom. The molecule has 3 rings (SSSR count). The zero-order chi connectivity index (χ0) is 13.4. The lowest BCUT2D eigenvalue weighted by Gasteiger charge is -2.23. The molecule has 1 fully saturated rings. The van der Waals surface area contributed by atoms with Crippen LogP contribution < -0.4 is 0 Å². The van der Waals surface area contributed by atoms with Crippen molar-refractivity contribution in [1.29, 1.82) is 5.26 Å². The number of rotatable bonds is 2. The van der Waals surface area contributed by atoms with Crippen LogP contribution in [-0.4, -0.2) is 13.1 Å². The largest absolute Gasteiger partial charge is 0.465 e. The number of ether oxygens (including phenoxy) is 1. The zero-order valence-electron chi connectivity index (χ0n) is 10.7. The average Bonchev–Trinajstić information content (AvgIpc) is 3.06. The van der Waals surface area contributed by atoms with Gasteiger partial charge >= 0.3 is 5.97 Å². The van der Waals surface area contributed by atoms with Gasteiger partial charge in [0, 0.05) is 5.92 Å². The summed E-state index contributed by atoms with van der Waals surface area (Å²) in [6.45, 7) is 0. The van der Waals surface area contributed by atoms with Crippen LogP contribution in [0.4, 0.5) is 0 Å². The summed E-state index contributed by atoms with van der Waals surface area (Å²) in [6, 6.07) is 9.92. The first-order valence-corrected chi connectivity index (χ1v) is 6.51. The van der Waals surface area contributed by atoms with E-state index >= 15 is 0 Å². The van der Waals surface area contributed by atoms with E-state index in [1.54, 1.807) is 12.1 Å². The van der Waals surface area contributed by atoms with E-state index < -0.39 is 0 Å². The number of fused-ring (bicyclic) bond motifs is 2. The molecule has 0 N–H and O–H groups in total. The van der Waals surface area contributed by atoms with Gasteiger partial charge in [0.15, 0.2) is 0 Å². The van der Waals surface area contributed by atoms with Crippen molar-refractivity contribution in [3.8, 4) is 6.07 Å². The molecule has 0 heterocycles. The third kappa shape index (κ3) is 1.84. The summed E-state index contributed by atoms with van der Waals surface area (Å²) in [4.78, 5) is 11.4. The van der Waals surface area contributed by atoms with Crippen molar-refractivity contribution in [3.05, 3.63) is 47.5 Å². The minimum absolute atomic E-state index is 0.0685. The van der Waals surface area contributed by atoms with Gasteiger partial charge in [-0.3, -0.25) is 0 Å². The molecule has 2 aliphatic carbocycles. The van der Waals surface area contributed by atoms with Crippen LogP contribution in [0.15, 0.2) is 36.4 Å². The Balaban J connectivity index is 1.89. The molecular formula is C16H15NO2. The van der Waals surface area contributed by atoms with Crippen molar-refractivity contribution < 1.29 is 9.53 Å². The predicted molar refractivity (Wildman–Crippen MR) is 70.4 cm³/mol. The molecule has 0 aliphatic heterocycles. The van der Waals surface area contributed by atoms with E-state index in [0.717, 1.165) is 12.0 Å². The normalized spacial score (nSPS) is 31.2. The third-order valence-electron chi connectivity index (χ3n) is 4.33. The summed E-state index contributed by atoms with van der Waals surface area (Å²) >= 11 is 0. The average molecular weight is 253 g/mol. The second-order valence-corrected chi connectivity index (χ2v) is 5.24. The van der Waals surface area contributed by atoms with E-state index in [2.05, 4.69) is 18.2 Å². The van der Waals surface area contributed by atoms with E-state index in [4.69, 9.17) is 4.74 Å². The summed E-state index contributed by atoms with van der Waals surface area (Å²) in [5.74, 6) is 0.890. The van der Waals surface area contributed by atoms with Gasteiger partial charge in [0.2, 0.25) is 0 Å². The van der Waals surface area contributed by atoms with Crippen molar-refractivity contribution in [2.75, 3.05) is 7.11 Å². The Morgan fingerprint density at radius 1 is 1.26 bits per heavy atom. The van der Waals surface area contributed by atoms with Crippen LogP contribution in [0.3, 0.4) is 0 Å². The lowest BCUT2D eigenvalue weighted by molar-refractivity contribution is 0.0600. The number of allylic oxidation sites excluding steroid dienone is 2. The Bertz CT molecular complexity index is 567. The smallest absolute Gasteiger partial charge is 0.337 e. The van der Waals surface area contributed by atoms with Gasteiger partial charge in [-0.1, -0.05) is 24.3 Å². The Kier molecular flexibility index (Phi) is 2.87. The molecule has 0 saturated heterocycles. The topological polar surface area (TPSA) is 50.1 Å². The Hall–Kier alpha value is -2.08. The number of nitrogens with zero attached hydrogens (tertiary/aromatic N) is 1. The summed E-state index contributed by atoms with van der Waals surface area (Å²) in [5, 5.41) is 9.34. The summed E-state index contributed by atoms with van der Waals surface area (Å²) in [6.07, 6.45) is 5.50. The molecule has 0 amide bonds. The van der Waals surface area contributed by atoms with E-state index in [0.29, 0.717) is 17.4 Å². The lowest BCUT2D eigenvalue weighted by atomic mass is 9.79. The minimum atomic E-state index is -0.323. The standard InChI is InChI=1S/C16H15NO2/c1-19-16(18)11-4-2-10(3-5-11)15-13-7-6-12(8-13)14(15)9-17/h2-7,12-15H,8H2,1H3/t12-,13+,14+,15-/m0/s1. The molecule has 1 aromatic carbocycles. The van der Waals surface area contributed by atoms with E-state index in [1.165, 1.54) is 7.11 Å². The summed E-state index contributed by atoms with van der Waals surface area (Å²) in [5.41, 5.74) is 1.70. The highest BCUT2D eigenvalue weighted by Gasteiger charge is 2.45. The van der Waals surface area contributed by atoms with Gasteiger partial charge in [-0.05, 0) is 36.0 Å². The molecule has 3 heteroatoms. The van der Waals surface area contributed by atoms with E-state index in [1.807, 2.05) is 12.1 Å². The number of benzene rings is 1. The van der Waals surface area contributed by atoms with Crippen LogP contribution in [0.1, 0.15) is 28.3 Å². The fourth-order valence-electron chi connectivity index (χ4n) is 3.41. The Labute approximate surface area is 112 Å². The fourth-order valence-corrected chi connectivity index (χ4v) is 3.41. The maximum absolute atomic E-state index is 11.4. The zero-order valence-corrected chi connectivity index (χ0v) is 10.7. The maximum Gasteiger partial charge on any atom is 0.337 e. The van der Waals surface area contributed by atoms with Crippen molar-refractivity contribution in [2.45, 2.75) is 12.3 Å². The van der Waals surface area contributed by atoms with E-state index in [9.17, 15) is 10.1 Å². The number of carbonyl (C=O) groups is 1. The van der Waals surface area contributed by atoms with E-state index in [-0.39, 0.29) is 17.8 Å². The molecule has 0 unspecified atom stereocenters. The van der Waals surface area contributed by atoms with Crippen LogP contribution in [0.5, 0.6) is 0 Å². The highest BCUT2D eigenvalue weighted by molar-refractivity contribution is 5.89. The predicted octanol–water partition coefficient (Wildman–Crippen LogP) is 2.90. The number of esters is 1.